The fraction of sp³-hybridized carbons (Fsp3) is 0.562. The minimum atomic E-state index is 0.303. The predicted molar refractivity (Wildman–Crippen MR) is 72.1 cm³/mol. The van der Waals surface area contributed by atoms with E-state index < -0.39 is 0 Å². The van der Waals surface area contributed by atoms with Crippen molar-refractivity contribution in [1.82, 2.24) is 4.57 Å². The summed E-state index contributed by atoms with van der Waals surface area (Å²) in [5.74, 6) is 4.19. The first-order chi connectivity index (χ1) is 9.24. The molecule has 3 nitrogen and oxygen atoms in total. The maximum atomic E-state index is 6.18. The van der Waals surface area contributed by atoms with Gasteiger partial charge < -0.3 is 4.74 Å². The van der Waals surface area contributed by atoms with E-state index in [9.17, 15) is 0 Å². The van der Waals surface area contributed by atoms with Gasteiger partial charge >= 0.3 is 0 Å². The van der Waals surface area contributed by atoms with Crippen LogP contribution in [0.25, 0.3) is 0 Å². The molecule has 1 aromatic rings. The highest BCUT2D eigenvalue weighted by Crippen LogP contribution is 2.53. The van der Waals surface area contributed by atoms with E-state index in [0.29, 0.717) is 18.8 Å². The minimum Gasteiger partial charge on any atom is -0.334 e. The molecule has 0 radical (unpaired) electrons. The van der Waals surface area contributed by atoms with Crippen molar-refractivity contribution in [2.24, 2.45) is 30.7 Å². The van der Waals surface area contributed by atoms with Crippen LogP contribution in [0.4, 0.5) is 0 Å². The lowest BCUT2D eigenvalue weighted by atomic mass is 9.84. The summed E-state index contributed by atoms with van der Waals surface area (Å²) in [4.78, 5) is 0. The molecule has 2 unspecified atom stereocenters. The smallest absolute Gasteiger partial charge is 0.254 e. The lowest BCUT2D eigenvalue weighted by Gasteiger charge is -2.25. The molecule has 1 saturated carbocycles. The zero-order valence-electron chi connectivity index (χ0n) is 11.6. The van der Waals surface area contributed by atoms with Gasteiger partial charge in [-0.1, -0.05) is 24.3 Å². The van der Waals surface area contributed by atoms with Crippen molar-refractivity contribution in [2.45, 2.75) is 26.2 Å². The number of hydrogen-bond donors (Lipinski definition) is 0. The number of imidazole rings is 1. The molecule has 2 bridgehead atoms. The third kappa shape index (κ3) is 1.64. The standard InChI is InChI=1S/C16H21N2O/c1-11-17(2)7-8-18(11)10-19-15-6-5-14-12-3-4-13(9-12)16(14)15/h3-8,12-16H,9-10H2,1-2H3/q+1/t12?,13?,14-,15+,16+/m0/s1. The van der Waals surface area contributed by atoms with E-state index in [4.69, 9.17) is 4.74 Å². The minimum absolute atomic E-state index is 0.303. The summed E-state index contributed by atoms with van der Waals surface area (Å²) in [5, 5.41) is 0. The van der Waals surface area contributed by atoms with E-state index in [1.165, 1.54) is 12.2 Å². The Balaban J connectivity index is 1.46. The third-order valence-corrected chi connectivity index (χ3v) is 5.29. The van der Waals surface area contributed by atoms with Gasteiger partial charge in [-0.3, -0.25) is 0 Å². The Kier molecular flexibility index (Phi) is 2.46. The van der Waals surface area contributed by atoms with Crippen molar-refractivity contribution >= 4 is 0 Å². The van der Waals surface area contributed by atoms with Crippen molar-refractivity contribution in [2.75, 3.05) is 0 Å². The highest BCUT2D eigenvalue weighted by atomic mass is 16.5. The van der Waals surface area contributed by atoms with E-state index in [0.717, 1.165) is 17.8 Å². The number of ether oxygens (including phenoxy) is 1. The van der Waals surface area contributed by atoms with Crippen LogP contribution in [0.3, 0.4) is 0 Å². The first-order valence-electron chi connectivity index (χ1n) is 7.23. The highest BCUT2D eigenvalue weighted by molar-refractivity contribution is 5.24. The topological polar surface area (TPSA) is 18.0 Å². The Morgan fingerprint density at radius 2 is 2.11 bits per heavy atom. The molecule has 5 atom stereocenters. The molecule has 0 saturated heterocycles. The number of fused-ring (bicyclic) bond motifs is 5. The van der Waals surface area contributed by atoms with E-state index >= 15 is 0 Å². The lowest BCUT2D eigenvalue weighted by Crippen LogP contribution is -2.31. The van der Waals surface area contributed by atoms with Crippen molar-refractivity contribution in [3.05, 3.63) is 42.5 Å². The monoisotopic (exact) mass is 257 g/mol. The van der Waals surface area contributed by atoms with Gasteiger partial charge in [-0.15, -0.1) is 0 Å². The van der Waals surface area contributed by atoms with Gasteiger partial charge in [0.1, 0.15) is 12.4 Å². The van der Waals surface area contributed by atoms with Gasteiger partial charge in [0.05, 0.1) is 13.2 Å². The molecule has 19 heavy (non-hydrogen) atoms. The van der Waals surface area contributed by atoms with E-state index in [1.54, 1.807) is 0 Å². The summed E-state index contributed by atoms with van der Waals surface area (Å²) in [6.45, 7) is 2.78. The lowest BCUT2D eigenvalue weighted by molar-refractivity contribution is -0.677. The number of nitrogens with zero attached hydrogens (tertiary/aromatic N) is 2. The van der Waals surface area contributed by atoms with Gasteiger partial charge in [0.2, 0.25) is 0 Å². The van der Waals surface area contributed by atoms with Crippen molar-refractivity contribution in [3.8, 4) is 0 Å². The molecule has 1 heterocycles. The Hall–Kier alpha value is -1.35. The average molecular weight is 257 g/mol. The van der Waals surface area contributed by atoms with Crippen LogP contribution in [0.15, 0.2) is 36.7 Å². The summed E-state index contributed by atoms with van der Waals surface area (Å²) in [6, 6.07) is 0. The molecule has 3 aliphatic carbocycles. The molecule has 0 spiro atoms. The van der Waals surface area contributed by atoms with E-state index in [-0.39, 0.29) is 0 Å². The summed E-state index contributed by atoms with van der Waals surface area (Å²) in [6.07, 6.45) is 15.3. The predicted octanol–water partition coefficient (Wildman–Crippen LogP) is 1.97. The van der Waals surface area contributed by atoms with Gasteiger partial charge in [0.25, 0.3) is 5.82 Å². The Morgan fingerprint density at radius 3 is 2.89 bits per heavy atom. The molecule has 4 rings (SSSR count). The quantitative estimate of drug-likeness (QED) is 0.598. The highest BCUT2D eigenvalue weighted by Gasteiger charge is 2.49. The fourth-order valence-electron chi connectivity index (χ4n) is 4.07. The van der Waals surface area contributed by atoms with Crippen LogP contribution in [0.5, 0.6) is 0 Å². The van der Waals surface area contributed by atoms with Crippen molar-refractivity contribution < 1.29 is 9.30 Å². The first-order valence-corrected chi connectivity index (χ1v) is 7.23. The molecule has 100 valence electrons. The SMILES string of the molecule is Cc1n(CO[C@@H]2C=C[C@H]3C4C=CC(C4)[C@@H]23)cc[n+]1C. The normalized spacial score (nSPS) is 38.3. The second kappa shape index (κ2) is 4.07. The Morgan fingerprint density at radius 1 is 1.26 bits per heavy atom. The molecule has 3 heteroatoms. The number of aromatic nitrogens is 2. The van der Waals surface area contributed by atoms with Crippen LogP contribution in [0.1, 0.15) is 12.2 Å². The largest absolute Gasteiger partial charge is 0.334 e. The van der Waals surface area contributed by atoms with E-state index in [1.807, 2.05) is 0 Å². The van der Waals surface area contributed by atoms with Crippen LogP contribution in [0.2, 0.25) is 0 Å². The molecule has 0 aromatic carbocycles. The number of allylic oxidation sites excluding steroid dienone is 3. The molecule has 3 aliphatic rings. The second-order valence-electron chi connectivity index (χ2n) is 6.17. The summed E-state index contributed by atoms with van der Waals surface area (Å²) >= 11 is 0. The van der Waals surface area contributed by atoms with Gasteiger partial charge in [0.15, 0.2) is 6.73 Å². The molecular formula is C16H21N2O+. The van der Waals surface area contributed by atoms with Crippen LogP contribution < -0.4 is 4.57 Å². The van der Waals surface area contributed by atoms with Gasteiger partial charge in [-0.05, 0) is 24.2 Å². The van der Waals surface area contributed by atoms with E-state index in [2.05, 4.69) is 59.8 Å². The number of aryl methyl sites for hydroxylation is 1. The molecule has 0 aliphatic heterocycles. The van der Waals surface area contributed by atoms with Crippen LogP contribution >= 0.6 is 0 Å². The Bertz CT molecular complexity index is 557. The zero-order chi connectivity index (χ0) is 13.0. The van der Waals surface area contributed by atoms with Crippen molar-refractivity contribution in [1.29, 1.82) is 0 Å². The van der Waals surface area contributed by atoms with Crippen molar-refractivity contribution in [3.63, 3.8) is 0 Å². The summed E-state index contributed by atoms with van der Waals surface area (Å²) in [5.41, 5.74) is 0. The molecule has 0 amide bonds. The summed E-state index contributed by atoms with van der Waals surface area (Å²) < 4.78 is 10.5. The summed E-state index contributed by atoms with van der Waals surface area (Å²) in [7, 11) is 2.07. The van der Waals surface area contributed by atoms with Crippen LogP contribution in [0, 0.1) is 30.6 Å². The molecule has 0 N–H and O–H groups in total. The number of rotatable bonds is 3. The van der Waals surface area contributed by atoms with Gasteiger partial charge in [-0.25, -0.2) is 9.13 Å². The molecular weight excluding hydrogens is 236 g/mol. The fourth-order valence-corrected chi connectivity index (χ4v) is 4.07. The van der Waals surface area contributed by atoms with Gasteiger partial charge in [-0.2, -0.15) is 0 Å². The Labute approximate surface area is 114 Å². The zero-order valence-corrected chi connectivity index (χ0v) is 11.6. The average Bonchev–Trinajstić information content (AvgIpc) is 3.13. The third-order valence-electron chi connectivity index (χ3n) is 5.29. The molecule has 1 aromatic heterocycles. The van der Waals surface area contributed by atoms with Crippen LogP contribution in [-0.4, -0.2) is 10.7 Å². The van der Waals surface area contributed by atoms with Crippen LogP contribution in [-0.2, 0) is 18.5 Å². The van der Waals surface area contributed by atoms with Gasteiger partial charge in [0, 0.05) is 12.8 Å². The first kappa shape index (κ1) is 11.5. The maximum Gasteiger partial charge on any atom is 0.254 e. The maximum absolute atomic E-state index is 6.18. The molecule has 1 fully saturated rings. The number of hydrogen-bond acceptors (Lipinski definition) is 1. The second-order valence-corrected chi connectivity index (χ2v) is 6.17.